The molecule has 138 valence electrons. The van der Waals surface area contributed by atoms with Crippen LogP contribution in [0.3, 0.4) is 0 Å². The summed E-state index contributed by atoms with van der Waals surface area (Å²) in [5.41, 5.74) is 0.355. The first-order valence-corrected chi connectivity index (χ1v) is 10.5. The van der Waals surface area contributed by atoms with Gasteiger partial charge in [-0.1, -0.05) is 6.42 Å². The molecule has 1 aromatic heterocycles. The molecule has 25 heavy (non-hydrogen) atoms. The summed E-state index contributed by atoms with van der Waals surface area (Å²) in [6.45, 7) is 7.13. The number of methoxy groups -OCH3 is 1. The van der Waals surface area contributed by atoms with Gasteiger partial charge in [0.1, 0.15) is 0 Å². The van der Waals surface area contributed by atoms with Gasteiger partial charge < -0.3 is 9.64 Å². The van der Waals surface area contributed by atoms with Gasteiger partial charge in [-0.05, 0) is 50.2 Å². The minimum absolute atomic E-state index is 0.227. The molecule has 0 bridgehead atoms. The number of likely N-dealkylation sites (tertiary alicyclic amines) is 2. The number of ether oxygens (including phenoxy) is 1. The Kier molecular flexibility index (Phi) is 4.91. The largest absolute Gasteiger partial charge is 0.384 e. The maximum Gasteiger partial charge on any atom is 0.263 e. The lowest BCUT2D eigenvalue weighted by molar-refractivity contribution is 0.0315. The summed E-state index contributed by atoms with van der Waals surface area (Å²) in [5.74, 6) is 0.851. The van der Waals surface area contributed by atoms with Gasteiger partial charge in [0.2, 0.25) is 0 Å². The molecule has 1 spiro atoms. The van der Waals surface area contributed by atoms with Crippen LogP contribution in [0.25, 0.3) is 0 Å². The summed E-state index contributed by atoms with van der Waals surface area (Å²) in [6, 6.07) is 4.84. The van der Waals surface area contributed by atoms with Crippen molar-refractivity contribution in [2.24, 2.45) is 11.3 Å². The molecule has 1 atom stereocenters. The topological polar surface area (TPSA) is 32.8 Å². The molecule has 3 aliphatic rings. The van der Waals surface area contributed by atoms with Crippen LogP contribution in [0, 0.1) is 18.3 Å². The predicted molar refractivity (Wildman–Crippen MR) is 101 cm³/mol. The molecular formula is C20H30N2O2S. The monoisotopic (exact) mass is 362 g/mol. The van der Waals surface area contributed by atoms with E-state index in [2.05, 4.69) is 16.7 Å². The van der Waals surface area contributed by atoms with Gasteiger partial charge in [-0.3, -0.25) is 9.69 Å². The number of hydrogen-bond acceptors (Lipinski definition) is 4. The average Bonchev–Trinajstić information content (AvgIpc) is 3.12. The summed E-state index contributed by atoms with van der Waals surface area (Å²) in [7, 11) is 1.83. The normalized spacial score (nSPS) is 27.0. The Morgan fingerprint density at radius 2 is 2.08 bits per heavy atom. The fourth-order valence-corrected chi connectivity index (χ4v) is 5.80. The van der Waals surface area contributed by atoms with Crippen molar-refractivity contribution in [3.05, 3.63) is 21.9 Å². The van der Waals surface area contributed by atoms with E-state index < -0.39 is 0 Å². The molecule has 2 aliphatic heterocycles. The fourth-order valence-electron chi connectivity index (χ4n) is 4.96. The molecule has 3 fully saturated rings. The van der Waals surface area contributed by atoms with Crippen molar-refractivity contribution in [1.29, 1.82) is 0 Å². The standard InChI is InChI=1S/C20H30N2O2S/c1-15-6-7-18(25-15)19(23)21-10-8-20(9-11-21)14-22(17-4-3-5-17)12-16(20)13-24-2/h6-7,16-17H,3-5,8-14H2,1-2H3. The van der Waals surface area contributed by atoms with E-state index in [1.165, 1.54) is 37.2 Å². The minimum Gasteiger partial charge on any atom is -0.384 e. The number of amides is 1. The van der Waals surface area contributed by atoms with Crippen LogP contribution in [-0.2, 0) is 4.74 Å². The van der Waals surface area contributed by atoms with E-state index >= 15 is 0 Å². The highest BCUT2D eigenvalue weighted by Crippen LogP contribution is 2.47. The summed E-state index contributed by atoms with van der Waals surface area (Å²) < 4.78 is 5.57. The van der Waals surface area contributed by atoms with E-state index in [0.29, 0.717) is 11.3 Å². The molecule has 0 N–H and O–H groups in total. The van der Waals surface area contributed by atoms with Crippen LogP contribution < -0.4 is 0 Å². The van der Waals surface area contributed by atoms with Crippen molar-refractivity contribution in [2.45, 2.75) is 45.1 Å². The molecule has 1 aromatic rings. The molecule has 1 aliphatic carbocycles. The molecule has 0 radical (unpaired) electrons. The zero-order chi connectivity index (χ0) is 17.4. The molecule has 4 rings (SSSR count). The smallest absolute Gasteiger partial charge is 0.263 e. The first-order valence-electron chi connectivity index (χ1n) is 9.70. The Labute approximate surface area is 155 Å². The second-order valence-corrected chi connectivity index (χ2v) is 9.52. The highest BCUT2D eigenvalue weighted by Gasteiger charge is 2.50. The van der Waals surface area contributed by atoms with Crippen molar-refractivity contribution in [3.8, 4) is 0 Å². The van der Waals surface area contributed by atoms with Crippen molar-refractivity contribution in [1.82, 2.24) is 9.80 Å². The van der Waals surface area contributed by atoms with Crippen LogP contribution in [0.1, 0.15) is 46.7 Å². The van der Waals surface area contributed by atoms with Crippen LogP contribution in [0.2, 0.25) is 0 Å². The minimum atomic E-state index is 0.227. The van der Waals surface area contributed by atoms with Crippen LogP contribution in [0.15, 0.2) is 12.1 Å². The number of carbonyl (C=O) groups is 1. The van der Waals surface area contributed by atoms with E-state index in [1.54, 1.807) is 11.3 Å². The van der Waals surface area contributed by atoms with E-state index in [4.69, 9.17) is 4.74 Å². The van der Waals surface area contributed by atoms with Gasteiger partial charge in [-0.15, -0.1) is 11.3 Å². The lowest BCUT2D eigenvalue weighted by Crippen LogP contribution is -2.47. The summed E-state index contributed by atoms with van der Waals surface area (Å²) in [4.78, 5) is 19.7. The highest BCUT2D eigenvalue weighted by molar-refractivity contribution is 7.13. The first-order chi connectivity index (χ1) is 12.1. The Morgan fingerprint density at radius 1 is 1.32 bits per heavy atom. The number of carbonyl (C=O) groups excluding carboxylic acids is 1. The second kappa shape index (κ2) is 7.01. The number of rotatable bonds is 4. The molecule has 0 aromatic carbocycles. The van der Waals surface area contributed by atoms with Crippen LogP contribution in [-0.4, -0.2) is 61.6 Å². The summed E-state index contributed by atoms with van der Waals surface area (Å²) >= 11 is 1.62. The molecule has 1 amide bonds. The lowest BCUT2D eigenvalue weighted by Gasteiger charge is -2.43. The quantitative estimate of drug-likeness (QED) is 0.823. The molecule has 2 saturated heterocycles. The highest BCUT2D eigenvalue weighted by atomic mass is 32.1. The predicted octanol–water partition coefficient (Wildman–Crippen LogP) is 3.41. The lowest BCUT2D eigenvalue weighted by atomic mass is 9.71. The van der Waals surface area contributed by atoms with Gasteiger partial charge in [-0.25, -0.2) is 0 Å². The van der Waals surface area contributed by atoms with Gasteiger partial charge in [0, 0.05) is 50.1 Å². The third kappa shape index (κ3) is 3.26. The Morgan fingerprint density at radius 3 is 2.64 bits per heavy atom. The van der Waals surface area contributed by atoms with E-state index in [9.17, 15) is 4.79 Å². The molecule has 5 heteroatoms. The van der Waals surface area contributed by atoms with E-state index in [1.807, 2.05) is 19.2 Å². The van der Waals surface area contributed by atoms with Crippen molar-refractivity contribution in [2.75, 3.05) is 39.9 Å². The fraction of sp³-hybridized carbons (Fsp3) is 0.750. The van der Waals surface area contributed by atoms with Gasteiger partial charge in [-0.2, -0.15) is 0 Å². The zero-order valence-electron chi connectivity index (χ0n) is 15.5. The number of piperidine rings is 1. The van der Waals surface area contributed by atoms with Crippen LogP contribution >= 0.6 is 11.3 Å². The maximum absolute atomic E-state index is 12.8. The van der Waals surface area contributed by atoms with Gasteiger partial charge in [0.15, 0.2) is 0 Å². The number of nitrogens with zero attached hydrogens (tertiary/aromatic N) is 2. The zero-order valence-corrected chi connectivity index (χ0v) is 16.3. The Bertz CT molecular complexity index is 617. The maximum atomic E-state index is 12.8. The van der Waals surface area contributed by atoms with Crippen molar-refractivity contribution >= 4 is 17.2 Å². The van der Waals surface area contributed by atoms with E-state index in [-0.39, 0.29) is 5.91 Å². The van der Waals surface area contributed by atoms with Crippen molar-refractivity contribution < 1.29 is 9.53 Å². The van der Waals surface area contributed by atoms with E-state index in [0.717, 1.165) is 43.5 Å². The summed E-state index contributed by atoms with van der Waals surface area (Å²) in [5, 5.41) is 0. The van der Waals surface area contributed by atoms with Crippen LogP contribution in [0.4, 0.5) is 0 Å². The van der Waals surface area contributed by atoms with Gasteiger partial charge in [0.05, 0.1) is 11.5 Å². The first kappa shape index (κ1) is 17.5. The number of thiophene rings is 1. The molecule has 1 saturated carbocycles. The average molecular weight is 363 g/mol. The Balaban J connectivity index is 1.42. The molecule has 1 unspecified atom stereocenters. The number of aryl methyl sites for hydroxylation is 1. The molecule has 3 heterocycles. The van der Waals surface area contributed by atoms with Crippen LogP contribution in [0.5, 0.6) is 0 Å². The molecule has 4 nitrogen and oxygen atoms in total. The van der Waals surface area contributed by atoms with Gasteiger partial charge in [0.25, 0.3) is 5.91 Å². The third-order valence-electron chi connectivity index (χ3n) is 6.80. The summed E-state index contributed by atoms with van der Waals surface area (Å²) in [6.07, 6.45) is 6.39. The Hall–Kier alpha value is -0.910. The van der Waals surface area contributed by atoms with Gasteiger partial charge >= 0.3 is 0 Å². The molecular weight excluding hydrogens is 332 g/mol. The number of hydrogen-bond donors (Lipinski definition) is 0. The third-order valence-corrected chi connectivity index (χ3v) is 7.78. The SMILES string of the molecule is COCC1CN(C2CCC2)CC12CCN(C(=O)c1ccc(C)s1)CC2. The second-order valence-electron chi connectivity index (χ2n) is 8.23. The van der Waals surface area contributed by atoms with Crippen molar-refractivity contribution in [3.63, 3.8) is 0 Å².